The number of carbonyl (C=O) groups excluding carboxylic acids is 1. The standard InChI is InChI=1S/C32H32F4N2O6/c33-23-12-10-22(11-13-23)29-24-9-5-4-8-21(24)14-15-38(29)30(39)26-16-25(37-31(40)41)27(18-43-26)44-28(32(34,35)36)19-42-17-20-6-2-1-3-7-20/h1-13,25-29,37H,14-19H2,(H,40,41)/t25-,26+,27-,28+,29-/m0/s1. The molecule has 0 spiro atoms. The smallest absolute Gasteiger partial charge is 0.416 e. The first kappa shape index (κ1) is 31.4. The summed E-state index contributed by atoms with van der Waals surface area (Å²) in [5, 5.41) is 11.7. The number of rotatable bonds is 9. The molecule has 3 aromatic rings. The first-order valence-electron chi connectivity index (χ1n) is 14.2. The summed E-state index contributed by atoms with van der Waals surface area (Å²) < 4.78 is 71.9. The van der Waals surface area contributed by atoms with E-state index < -0.39 is 67.6 Å². The summed E-state index contributed by atoms with van der Waals surface area (Å²) in [5.74, 6) is -0.884. The van der Waals surface area contributed by atoms with Crippen LogP contribution in [0.25, 0.3) is 0 Å². The summed E-state index contributed by atoms with van der Waals surface area (Å²) in [6.45, 7) is -1.04. The Hall–Kier alpha value is -4.00. The van der Waals surface area contributed by atoms with Gasteiger partial charge in [-0.3, -0.25) is 4.79 Å². The fraction of sp³-hybridized carbons (Fsp3) is 0.375. The summed E-state index contributed by atoms with van der Waals surface area (Å²) in [6, 6.07) is 20.3. The van der Waals surface area contributed by atoms with Crippen molar-refractivity contribution >= 4 is 12.0 Å². The molecule has 44 heavy (non-hydrogen) atoms. The lowest BCUT2D eigenvalue weighted by molar-refractivity contribution is -0.259. The number of nitrogens with one attached hydrogen (secondary N) is 1. The molecular weight excluding hydrogens is 584 g/mol. The molecule has 3 aromatic carbocycles. The zero-order chi connectivity index (χ0) is 31.3. The van der Waals surface area contributed by atoms with Gasteiger partial charge in [-0.15, -0.1) is 0 Å². The summed E-state index contributed by atoms with van der Waals surface area (Å²) in [5.41, 5.74) is 3.24. The molecule has 0 saturated carbocycles. The van der Waals surface area contributed by atoms with E-state index in [-0.39, 0.29) is 13.0 Å². The van der Waals surface area contributed by atoms with Crippen LogP contribution in [0.4, 0.5) is 22.4 Å². The quantitative estimate of drug-likeness (QED) is 0.319. The van der Waals surface area contributed by atoms with Crippen LogP contribution in [-0.4, -0.2) is 72.3 Å². The van der Waals surface area contributed by atoms with Crippen molar-refractivity contribution in [1.29, 1.82) is 0 Å². The fourth-order valence-corrected chi connectivity index (χ4v) is 5.67. The second-order valence-electron chi connectivity index (χ2n) is 10.8. The molecule has 1 fully saturated rings. The van der Waals surface area contributed by atoms with Gasteiger partial charge in [0.25, 0.3) is 5.91 Å². The van der Waals surface area contributed by atoms with Crippen LogP contribution in [0.3, 0.4) is 0 Å². The Balaban J connectivity index is 1.31. The van der Waals surface area contributed by atoms with E-state index in [0.29, 0.717) is 24.1 Å². The van der Waals surface area contributed by atoms with Gasteiger partial charge in [-0.1, -0.05) is 66.7 Å². The van der Waals surface area contributed by atoms with Crippen LogP contribution >= 0.6 is 0 Å². The van der Waals surface area contributed by atoms with Gasteiger partial charge in [0, 0.05) is 13.0 Å². The van der Waals surface area contributed by atoms with Crippen LogP contribution < -0.4 is 5.32 Å². The van der Waals surface area contributed by atoms with E-state index in [1.54, 1.807) is 47.4 Å². The predicted molar refractivity (Wildman–Crippen MR) is 150 cm³/mol. The van der Waals surface area contributed by atoms with Gasteiger partial charge in [-0.25, -0.2) is 9.18 Å². The van der Waals surface area contributed by atoms with Crippen molar-refractivity contribution in [3.63, 3.8) is 0 Å². The largest absolute Gasteiger partial charge is 0.465 e. The Morgan fingerprint density at radius 1 is 1.02 bits per heavy atom. The molecule has 0 aromatic heterocycles. The Kier molecular flexibility index (Phi) is 9.82. The number of carboxylic acid groups (broad SMARTS) is 1. The van der Waals surface area contributed by atoms with Gasteiger partial charge in [0.15, 0.2) is 6.10 Å². The van der Waals surface area contributed by atoms with E-state index >= 15 is 0 Å². The van der Waals surface area contributed by atoms with Crippen molar-refractivity contribution in [3.05, 3.63) is 107 Å². The molecule has 2 aliphatic rings. The predicted octanol–water partition coefficient (Wildman–Crippen LogP) is 5.26. The van der Waals surface area contributed by atoms with E-state index in [1.165, 1.54) is 12.1 Å². The van der Waals surface area contributed by atoms with Gasteiger partial charge in [-0.2, -0.15) is 13.2 Å². The number of hydrogen-bond acceptors (Lipinski definition) is 5. The molecule has 2 N–H and O–H groups in total. The number of ether oxygens (including phenoxy) is 3. The highest BCUT2D eigenvalue weighted by Crippen LogP contribution is 2.37. The fourth-order valence-electron chi connectivity index (χ4n) is 5.67. The molecule has 234 valence electrons. The Labute approximate surface area is 251 Å². The van der Waals surface area contributed by atoms with Gasteiger partial charge >= 0.3 is 12.3 Å². The Morgan fingerprint density at radius 2 is 1.73 bits per heavy atom. The normalized spacial score (nSPS) is 22.6. The molecule has 12 heteroatoms. The number of carbonyl (C=O) groups is 2. The molecule has 5 rings (SSSR count). The maximum atomic E-state index is 13.9. The molecule has 1 saturated heterocycles. The van der Waals surface area contributed by atoms with Crippen LogP contribution in [0.5, 0.6) is 0 Å². The third kappa shape index (κ3) is 7.55. The molecule has 0 radical (unpaired) electrons. The molecule has 2 amide bonds. The van der Waals surface area contributed by atoms with E-state index in [9.17, 15) is 32.3 Å². The van der Waals surface area contributed by atoms with Gasteiger partial charge in [0.05, 0.1) is 31.9 Å². The van der Waals surface area contributed by atoms with Crippen LogP contribution in [0.15, 0.2) is 78.9 Å². The van der Waals surface area contributed by atoms with Crippen molar-refractivity contribution in [2.45, 2.75) is 56.0 Å². The third-order valence-corrected chi connectivity index (χ3v) is 7.80. The van der Waals surface area contributed by atoms with E-state index in [1.807, 2.05) is 24.3 Å². The highest BCUT2D eigenvalue weighted by molar-refractivity contribution is 5.82. The summed E-state index contributed by atoms with van der Waals surface area (Å²) in [6.07, 6.45) is -10.8. The third-order valence-electron chi connectivity index (χ3n) is 7.80. The minimum absolute atomic E-state index is 0.0699. The Morgan fingerprint density at radius 3 is 2.43 bits per heavy atom. The highest BCUT2D eigenvalue weighted by atomic mass is 19.4. The van der Waals surface area contributed by atoms with Crippen molar-refractivity contribution in [2.24, 2.45) is 0 Å². The minimum atomic E-state index is -4.80. The number of alkyl halides is 3. The lowest BCUT2D eigenvalue weighted by Gasteiger charge is -2.42. The van der Waals surface area contributed by atoms with Crippen LogP contribution in [-0.2, 0) is 32.0 Å². The first-order valence-corrected chi connectivity index (χ1v) is 14.2. The van der Waals surface area contributed by atoms with Gasteiger partial charge in [0.1, 0.15) is 18.0 Å². The van der Waals surface area contributed by atoms with Crippen molar-refractivity contribution in [2.75, 3.05) is 19.8 Å². The molecule has 0 aliphatic carbocycles. The molecule has 2 aliphatic heterocycles. The topological polar surface area (TPSA) is 97.3 Å². The molecule has 0 unspecified atom stereocenters. The van der Waals surface area contributed by atoms with E-state index in [0.717, 1.165) is 11.1 Å². The number of hydrogen-bond donors (Lipinski definition) is 2. The van der Waals surface area contributed by atoms with E-state index in [2.05, 4.69) is 5.32 Å². The number of amides is 2. The second-order valence-corrected chi connectivity index (χ2v) is 10.8. The molecule has 0 bridgehead atoms. The lowest BCUT2D eigenvalue weighted by Crippen LogP contribution is -2.58. The van der Waals surface area contributed by atoms with Crippen molar-refractivity contribution in [1.82, 2.24) is 10.2 Å². The van der Waals surface area contributed by atoms with Gasteiger partial charge in [0.2, 0.25) is 0 Å². The molecule has 5 atom stereocenters. The van der Waals surface area contributed by atoms with Gasteiger partial charge in [-0.05, 0) is 40.8 Å². The minimum Gasteiger partial charge on any atom is -0.465 e. The van der Waals surface area contributed by atoms with Gasteiger partial charge < -0.3 is 29.5 Å². The van der Waals surface area contributed by atoms with Crippen LogP contribution in [0, 0.1) is 5.82 Å². The number of halogens is 4. The SMILES string of the molecule is O=C(O)N[C@H]1C[C@H](C(=O)N2CCc3ccccc3[C@@H]2c2ccc(F)cc2)OC[C@@H]1O[C@H](COCc1ccccc1)C(F)(F)F. The average molecular weight is 617 g/mol. The molecule has 2 heterocycles. The Bertz CT molecular complexity index is 1420. The molecular formula is C32H32F4N2O6. The summed E-state index contributed by atoms with van der Waals surface area (Å²) in [4.78, 5) is 27.1. The second kappa shape index (κ2) is 13.7. The maximum absolute atomic E-state index is 13.9. The number of benzene rings is 3. The maximum Gasteiger partial charge on any atom is 0.416 e. The zero-order valence-corrected chi connectivity index (χ0v) is 23.6. The first-order chi connectivity index (χ1) is 21.1. The lowest BCUT2D eigenvalue weighted by atomic mass is 9.87. The highest BCUT2D eigenvalue weighted by Gasteiger charge is 2.47. The van der Waals surface area contributed by atoms with Crippen molar-refractivity contribution in [3.8, 4) is 0 Å². The summed E-state index contributed by atoms with van der Waals surface area (Å²) in [7, 11) is 0. The van der Waals surface area contributed by atoms with Crippen molar-refractivity contribution < 1.29 is 46.5 Å². The van der Waals surface area contributed by atoms with E-state index in [4.69, 9.17) is 14.2 Å². The molecule has 8 nitrogen and oxygen atoms in total. The number of fused-ring (bicyclic) bond motifs is 1. The number of nitrogens with zero attached hydrogens (tertiary/aromatic N) is 1. The monoisotopic (exact) mass is 616 g/mol. The average Bonchev–Trinajstić information content (AvgIpc) is 3.00. The van der Waals surface area contributed by atoms with Crippen LogP contribution in [0.2, 0.25) is 0 Å². The summed E-state index contributed by atoms with van der Waals surface area (Å²) >= 11 is 0. The van der Waals surface area contributed by atoms with Crippen LogP contribution in [0.1, 0.15) is 34.7 Å². The zero-order valence-electron chi connectivity index (χ0n) is 23.6.